The lowest BCUT2D eigenvalue weighted by Crippen LogP contribution is -2.42. The molecular weight excluding hydrogens is 363 g/mol. The maximum Gasteiger partial charge on any atom is 0.490 e. The highest BCUT2D eigenvalue weighted by molar-refractivity contribution is 5.73. The molecule has 1 fully saturated rings. The van der Waals surface area contributed by atoms with Crippen LogP contribution in [0.15, 0.2) is 30.5 Å². The Morgan fingerprint density at radius 3 is 2.59 bits per heavy atom. The number of nitrogens with zero attached hydrogens (tertiary/aromatic N) is 3. The summed E-state index contributed by atoms with van der Waals surface area (Å²) in [7, 11) is 0. The van der Waals surface area contributed by atoms with E-state index in [0.717, 1.165) is 44.0 Å². The van der Waals surface area contributed by atoms with Gasteiger partial charge in [0.25, 0.3) is 0 Å². The van der Waals surface area contributed by atoms with Crippen molar-refractivity contribution in [3.8, 4) is 17.3 Å². The maximum absolute atomic E-state index is 10.6. The van der Waals surface area contributed by atoms with E-state index in [1.54, 1.807) is 0 Å². The smallest absolute Gasteiger partial charge is 0.475 e. The molecule has 0 atom stereocenters. The van der Waals surface area contributed by atoms with E-state index >= 15 is 0 Å². The first kappa shape index (κ1) is 20.4. The van der Waals surface area contributed by atoms with Crippen molar-refractivity contribution in [2.75, 3.05) is 26.2 Å². The number of H-pyrrole nitrogens is 1. The van der Waals surface area contributed by atoms with Crippen molar-refractivity contribution in [2.45, 2.75) is 12.7 Å². The van der Waals surface area contributed by atoms with Gasteiger partial charge in [-0.15, -0.1) is 0 Å². The van der Waals surface area contributed by atoms with Gasteiger partial charge in [0.2, 0.25) is 0 Å². The number of carboxylic acids is 1. The first-order chi connectivity index (χ1) is 12.8. The van der Waals surface area contributed by atoms with Crippen LogP contribution in [0.1, 0.15) is 11.1 Å². The number of rotatable bonds is 3. The number of aliphatic carboxylic acids is 1. The summed E-state index contributed by atoms with van der Waals surface area (Å²) in [6.07, 6.45) is -3.20. The van der Waals surface area contributed by atoms with Gasteiger partial charge in [0.15, 0.2) is 0 Å². The molecule has 0 radical (unpaired) electrons. The van der Waals surface area contributed by atoms with Gasteiger partial charge in [0, 0.05) is 43.9 Å². The first-order valence-corrected chi connectivity index (χ1v) is 8.07. The number of hydrogen-bond acceptors (Lipinski definition) is 5. The zero-order valence-electron chi connectivity index (χ0n) is 14.3. The molecule has 3 rings (SSSR count). The third-order valence-corrected chi connectivity index (χ3v) is 3.84. The number of alkyl halides is 3. The summed E-state index contributed by atoms with van der Waals surface area (Å²) < 4.78 is 31.7. The average Bonchev–Trinajstić information content (AvgIpc) is 3.10. The molecule has 0 bridgehead atoms. The second-order valence-corrected chi connectivity index (χ2v) is 5.79. The zero-order chi connectivity index (χ0) is 19.9. The predicted octanol–water partition coefficient (Wildman–Crippen LogP) is 1.99. The average molecular weight is 381 g/mol. The number of aromatic nitrogens is 2. The molecule has 1 aromatic heterocycles. The lowest BCUT2D eigenvalue weighted by Gasteiger charge is -2.27. The van der Waals surface area contributed by atoms with Crippen LogP contribution in [0.2, 0.25) is 0 Å². The summed E-state index contributed by atoms with van der Waals surface area (Å²) in [6.45, 7) is 5.09. The first-order valence-electron chi connectivity index (χ1n) is 8.07. The van der Waals surface area contributed by atoms with Gasteiger partial charge in [0.05, 0.1) is 23.5 Å². The van der Waals surface area contributed by atoms with Crippen LogP contribution >= 0.6 is 0 Å². The third kappa shape index (κ3) is 6.09. The van der Waals surface area contributed by atoms with E-state index in [0.29, 0.717) is 5.56 Å². The molecule has 1 saturated heterocycles. The number of benzene rings is 1. The van der Waals surface area contributed by atoms with Crippen LogP contribution in [0.3, 0.4) is 0 Å². The van der Waals surface area contributed by atoms with Crippen LogP contribution in [-0.2, 0) is 11.3 Å². The van der Waals surface area contributed by atoms with E-state index in [4.69, 9.17) is 15.2 Å². The molecule has 1 aliphatic rings. The molecule has 0 saturated carbocycles. The summed E-state index contributed by atoms with van der Waals surface area (Å²) in [5.74, 6) is -2.76. The van der Waals surface area contributed by atoms with Crippen molar-refractivity contribution >= 4 is 5.97 Å². The number of nitriles is 1. The lowest BCUT2D eigenvalue weighted by atomic mass is 10.1. The summed E-state index contributed by atoms with van der Waals surface area (Å²) in [5, 5.41) is 26.7. The van der Waals surface area contributed by atoms with E-state index in [2.05, 4.69) is 26.5 Å². The fourth-order valence-electron chi connectivity index (χ4n) is 2.54. The molecule has 0 unspecified atom stereocenters. The molecule has 7 nitrogen and oxygen atoms in total. The molecule has 144 valence electrons. The topological polar surface area (TPSA) is 105 Å². The highest BCUT2D eigenvalue weighted by Gasteiger charge is 2.38. The highest BCUT2D eigenvalue weighted by atomic mass is 19.4. The number of nitrogens with one attached hydrogen (secondary N) is 2. The van der Waals surface area contributed by atoms with Crippen molar-refractivity contribution in [2.24, 2.45) is 0 Å². The Morgan fingerprint density at radius 1 is 1.33 bits per heavy atom. The number of hydrogen-bond donors (Lipinski definition) is 3. The Morgan fingerprint density at radius 2 is 2.00 bits per heavy atom. The third-order valence-electron chi connectivity index (χ3n) is 3.84. The second kappa shape index (κ2) is 9.16. The van der Waals surface area contributed by atoms with E-state index in [1.807, 2.05) is 30.5 Å². The van der Waals surface area contributed by atoms with Crippen LogP contribution in [0.25, 0.3) is 11.3 Å². The number of carbonyl (C=O) groups is 1. The Hall–Kier alpha value is -2.90. The van der Waals surface area contributed by atoms with Gasteiger partial charge >= 0.3 is 12.1 Å². The van der Waals surface area contributed by atoms with Crippen molar-refractivity contribution in [3.05, 3.63) is 41.6 Å². The van der Waals surface area contributed by atoms with E-state index in [-0.39, 0.29) is 0 Å². The predicted molar refractivity (Wildman–Crippen MR) is 90.6 cm³/mol. The van der Waals surface area contributed by atoms with Gasteiger partial charge in [-0.1, -0.05) is 12.1 Å². The van der Waals surface area contributed by atoms with Gasteiger partial charge in [-0.2, -0.15) is 23.5 Å². The molecular formula is C17H18F3N5O2. The SMILES string of the molecule is N#Cc1cccc(-c2[nH]ncc2CN2CCNCC2)c1.O=C(O)C(F)(F)F. The maximum atomic E-state index is 10.6. The molecule has 2 heterocycles. The minimum absolute atomic E-state index is 0.672. The van der Waals surface area contributed by atoms with Crippen molar-refractivity contribution < 1.29 is 23.1 Å². The standard InChI is InChI=1S/C15H17N5.C2HF3O2/c16-9-12-2-1-3-13(8-12)15-14(10-18-19-15)11-20-6-4-17-5-7-20;3-2(4,5)1(6)7/h1-3,8,10,17H,4-7,11H2,(H,18,19);(H,6,7). The summed E-state index contributed by atoms with van der Waals surface area (Å²) in [5.41, 5.74) is 3.89. The Balaban J connectivity index is 0.000000321. The Labute approximate surface area is 153 Å². The highest BCUT2D eigenvalue weighted by Crippen LogP contribution is 2.23. The Bertz CT molecular complexity index is 807. The van der Waals surface area contributed by atoms with Crippen molar-refractivity contribution in [3.63, 3.8) is 0 Å². The van der Waals surface area contributed by atoms with Crippen molar-refractivity contribution in [1.29, 1.82) is 5.26 Å². The van der Waals surface area contributed by atoms with Gasteiger partial charge in [-0.25, -0.2) is 4.79 Å². The van der Waals surface area contributed by atoms with Gasteiger partial charge in [-0.05, 0) is 12.1 Å². The van der Waals surface area contributed by atoms with Crippen LogP contribution in [0.5, 0.6) is 0 Å². The van der Waals surface area contributed by atoms with E-state index < -0.39 is 12.1 Å². The van der Waals surface area contributed by atoms with Crippen LogP contribution < -0.4 is 5.32 Å². The van der Waals surface area contributed by atoms with Crippen molar-refractivity contribution in [1.82, 2.24) is 20.4 Å². The largest absolute Gasteiger partial charge is 0.490 e. The van der Waals surface area contributed by atoms with Crippen LogP contribution in [-0.4, -0.2) is 58.5 Å². The molecule has 3 N–H and O–H groups in total. The number of carboxylic acid groups (broad SMARTS) is 1. The summed E-state index contributed by atoms with van der Waals surface area (Å²) >= 11 is 0. The molecule has 2 aromatic rings. The van der Waals surface area contributed by atoms with Gasteiger partial charge in [-0.3, -0.25) is 10.00 Å². The molecule has 27 heavy (non-hydrogen) atoms. The molecule has 1 aromatic carbocycles. The number of piperazine rings is 1. The molecule has 10 heteroatoms. The van der Waals surface area contributed by atoms with E-state index in [1.165, 1.54) is 5.56 Å². The van der Waals surface area contributed by atoms with Crippen LogP contribution in [0, 0.1) is 11.3 Å². The lowest BCUT2D eigenvalue weighted by molar-refractivity contribution is -0.192. The summed E-state index contributed by atoms with van der Waals surface area (Å²) in [6, 6.07) is 9.81. The van der Waals surface area contributed by atoms with Gasteiger partial charge < -0.3 is 10.4 Å². The second-order valence-electron chi connectivity index (χ2n) is 5.79. The minimum atomic E-state index is -5.08. The molecule has 0 spiro atoms. The molecule has 0 amide bonds. The fraction of sp³-hybridized carbons (Fsp3) is 0.353. The minimum Gasteiger partial charge on any atom is -0.475 e. The number of halogens is 3. The summed E-state index contributed by atoms with van der Waals surface area (Å²) in [4.78, 5) is 11.3. The quantitative estimate of drug-likeness (QED) is 0.751. The fourth-order valence-corrected chi connectivity index (χ4v) is 2.54. The van der Waals surface area contributed by atoms with E-state index in [9.17, 15) is 13.2 Å². The monoisotopic (exact) mass is 381 g/mol. The zero-order valence-corrected chi connectivity index (χ0v) is 14.3. The number of aromatic amines is 1. The normalized spacial score (nSPS) is 14.7. The Kier molecular flexibility index (Phi) is 6.92. The van der Waals surface area contributed by atoms with Gasteiger partial charge in [0.1, 0.15) is 0 Å². The molecule has 1 aliphatic heterocycles. The van der Waals surface area contributed by atoms with Crippen LogP contribution in [0.4, 0.5) is 13.2 Å². The molecule has 0 aliphatic carbocycles.